The second-order valence-electron chi connectivity index (χ2n) is 8.29. The van der Waals surface area contributed by atoms with Crippen LogP contribution in [-0.4, -0.2) is 46.9 Å². The molecule has 3 aliphatic rings. The Balaban J connectivity index is 1.24. The van der Waals surface area contributed by atoms with Crippen LogP contribution >= 0.6 is 0 Å². The number of amides is 1. The molecule has 4 heteroatoms. The van der Waals surface area contributed by atoms with Crippen molar-refractivity contribution in [1.82, 2.24) is 14.8 Å². The number of hydrogen-bond donors (Lipinski definition) is 0. The first-order valence-electron chi connectivity index (χ1n) is 10.2. The first-order valence-corrected chi connectivity index (χ1v) is 10.2. The molecule has 25 heavy (non-hydrogen) atoms. The third-order valence-corrected chi connectivity index (χ3v) is 6.67. The van der Waals surface area contributed by atoms with Crippen LogP contribution in [0.1, 0.15) is 50.5 Å². The Labute approximate surface area is 151 Å². The quantitative estimate of drug-likeness (QED) is 0.843. The van der Waals surface area contributed by atoms with Crippen molar-refractivity contribution in [2.75, 3.05) is 26.2 Å². The zero-order valence-corrected chi connectivity index (χ0v) is 15.3. The fraction of sp³-hybridized carbons (Fsp3) is 0.714. The van der Waals surface area contributed by atoms with Crippen molar-refractivity contribution < 1.29 is 4.79 Å². The average molecular weight is 341 g/mol. The van der Waals surface area contributed by atoms with Gasteiger partial charge in [0.2, 0.25) is 5.91 Å². The van der Waals surface area contributed by atoms with Gasteiger partial charge in [0, 0.05) is 37.9 Å². The lowest BCUT2D eigenvalue weighted by Gasteiger charge is -2.35. The van der Waals surface area contributed by atoms with E-state index in [1.165, 1.54) is 50.8 Å². The van der Waals surface area contributed by atoms with Crippen LogP contribution in [0.15, 0.2) is 24.5 Å². The Morgan fingerprint density at radius 1 is 1.04 bits per heavy atom. The van der Waals surface area contributed by atoms with Gasteiger partial charge in [-0.15, -0.1) is 0 Å². The fourth-order valence-electron chi connectivity index (χ4n) is 5.14. The van der Waals surface area contributed by atoms with Gasteiger partial charge < -0.3 is 4.90 Å². The molecule has 4 nitrogen and oxygen atoms in total. The molecule has 1 aromatic heterocycles. The summed E-state index contributed by atoms with van der Waals surface area (Å²) in [6.45, 7) is 5.44. The first kappa shape index (κ1) is 17.0. The molecule has 0 spiro atoms. The normalized spacial score (nSPS) is 26.4. The molecule has 1 unspecified atom stereocenters. The van der Waals surface area contributed by atoms with Crippen molar-refractivity contribution in [3.05, 3.63) is 30.1 Å². The highest BCUT2D eigenvalue weighted by molar-refractivity contribution is 5.79. The van der Waals surface area contributed by atoms with Crippen molar-refractivity contribution in [3.8, 4) is 0 Å². The van der Waals surface area contributed by atoms with Gasteiger partial charge in [0.15, 0.2) is 0 Å². The molecule has 1 aromatic rings. The van der Waals surface area contributed by atoms with Crippen LogP contribution in [0.25, 0.3) is 0 Å². The van der Waals surface area contributed by atoms with E-state index in [-0.39, 0.29) is 0 Å². The van der Waals surface area contributed by atoms with Crippen molar-refractivity contribution >= 4 is 5.91 Å². The predicted molar refractivity (Wildman–Crippen MR) is 98.9 cm³/mol. The molecule has 0 aromatic carbocycles. The van der Waals surface area contributed by atoms with E-state index in [0.717, 1.165) is 44.3 Å². The van der Waals surface area contributed by atoms with E-state index in [1.54, 1.807) is 0 Å². The summed E-state index contributed by atoms with van der Waals surface area (Å²) in [7, 11) is 0. The molecule has 3 heterocycles. The van der Waals surface area contributed by atoms with Crippen LogP contribution < -0.4 is 0 Å². The highest BCUT2D eigenvalue weighted by Gasteiger charge is 2.36. The van der Waals surface area contributed by atoms with Gasteiger partial charge in [0.1, 0.15) is 0 Å². The van der Waals surface area contributed by atoms with Crippen LogP contribution in [0.2, 0.25) is 0 Å². The Kier molecular flexibility index (Phi) is 5.35. The Bertz CT molecular complexity index is 562. The summed E-state index contributed by atoms with van der Waals surface area (Å²) in [5, 5.41) is 0. The summed E-state index contributed by atoms with van der Waals surface area (Å²) in [5.74, 6) is 2.37. The summed E-state index contributed by atoms with van der Waals surface area (Å²) < 4.78 is 0. The smallest absolute Gasteiger partial charge is 0.225 e. The second-order valence-corrected chi connectivity index (χ2v) is 8.29. The number of rotatable bonds is 4. The Morgan fingerprint density at radius 2 is 1.80 bits per heavy atom. The number of nitrogens with zero attached hydrogens (tertiary/aromatic N) is 3. The van der Waals surface area contributed by atoms with E-state index < -0.39 is 0 Å². The molecular formula is C21H31N3O. The number of piperidine rings is 1. The molecule has 1 amide bonds. The zero-order valence-electron chi connectivity index (χ0n) is 15.3. The third-order valence-electron chi connectivity index (χ3n) is 6.67. The minimum atomic E-state index is 0.347. The molecule has 1 aliphatic carbocycles. The largest absolute Gasteiger partial charge is 0.342 e. The standard InChI is InChI=1S/C21H31N3O/c25-21(19-5-1-2-6-19)24-13-9-20(16-24)18-7-11-23(12-8-18)15-17-4-3-10-22-14-17/h3-4,10,14,18-20H,1-2,5-9,11-13,15-16H2. The summed E-state index contributed by atoms with van der Waals surface area (Å²) in [6, 6.07) is 4.19. The topological polar surface area (TPSA) is 36.4 Å². The maximum atomic E-state index is 12.6. The van der Waals surface area contributed by atoms with Crippen LogP contribution in [0.3, 0.4) is 0 Å². The SMILES string of the molecule is O=C(C1CCCC1)N1CCC(C2CCN(Cc3cccnc3)CC2)C1. The molecule has 2 saturated heterocycles. The molecule has 0 bridgehead atoms. The fourth-order valence-corrected chi connectivity index (χ4v) is 5.14. The van der Waals surface area contributed by atoms with Crippen LogP contribution in [0.4, 0.5) is 0 Å². The van der Waals surface area contributed by atoms with Gasteiger partial charge >= 0.3 is 0 Å². The van der Waals surface area contributed by atoms with Crippen LogP contribution in [0, 0.1) is 17.8 Å². The molecule has 0 N–H and O–H groups in total. The predicted octanol–water partition coefficient (Wildman–Crippen LogP) is 3.33. The van der Waals surface area contributed by atoms with Crippen molar-refractivity contribution in [2.24, 2.45) is 17.8 Å². The Hall–Kier alpha value is -1.42. The zero-order chi connectivity index (χ0) is 17.1. The number of pyridine rings is 1. The molecule has 3 fully saturated rings. The van der Waals surface area contributed by atoms with Gasteiger partial charge in [-0.2, -0.15) is 0 Å². The molecule has 4 rings (SSSR count). The number of hydrogen-bond acceptors (Lipinski definition) is 3. The van der Waals surface area contributed by atoms with Crippen molar-refractivity contribution in [2.45, 2.75) is 51.5 Å². The van der Waals surface area contributed by atoms with Crippen LogP contribution in [-0.2, 0) is 11.3 Å². The minimum absolute atomic E-state index is 0.347. The molecule has 1 saturated carbocycles. The van der Waals surface area contributed by atoms with E-state index in [9.17, 15) is 4.79 Å². The number of carbonyl (C=O) groups excluding carboxylic acids is 1. The van der Waals surface area contributed by atoms with E-state index in [1.807, 2.05) is 18.5 Å². The van der Waals surface area contributed by atoms with Gasteiger partial charge in [-0.3, -0.25) is 14.7 Å². The van der Waals surface area contributed by atoms with E-state index >= 15 is 0 Å². The second kappa shape index (κ2) is 7.86. The minimum Gasteiger partial charge on any atom is -0.342 e. The lowest BCUT2D eigenvalue weighted by atomic mass is 9.83. The monoisotopic (exact) mass is 341 g/mol. The van der Waals surface area contributed by atoms with Gasteiger partial charge in [-0.05, 0) is 68.7 Å². The van der Waals surface area contributed by atoms with E-state index in [2.05, 4.69) is 20.9 Å². The van der Waals surface area contributed by atoms with Gasteiger partial charge in [-0.1, -0.05) is 18.9 Å². The maximum absolute atomic E-state index is 12.6. The summed E-state index contributed by atoms with van der Waals surface area (Å²) in [4.78, 5) is 21.6. The average Bonchev–Trinajstić information content (AvgIpc) is 3.35. The molecule has 1 atom stereocenters. The van der Waals surface area contributed by atoms with Gasteiger partial charge in [0.05, 0.1) is 0 Å². The highest BCUT2D eigenvalue weighted by Crippen LogP contribution is 2.34. The van der Waals surface area contributed by atoms with Gasteiger partial charge in [0.25, 0.3) is 0 Å². The molecule has 2 aliphatic heterocycles. The Morgan fingerprint density at radius 3 is 2.52 bits per heavy atom. The molecule has 0 radical (unpaired) electrons. The lowest BCUT2D eigenvalue weighted by molar-refractivity contribution is -0.134. The molecular weight excluding hydrogens is 310 g/mol. The highest BCUT2D eigenvalue weighted by atomic mass is 16.2. The number of carbonyl (C=O) groups is 1. The first-order chi connectivity index (χ1) is 12.3. The van der Waals surface area contributed by atoms with E-state index in [0.29, 0.717) is 11.8 Å². The number of likely N-dealkylation sites (tertiary alicyclic amines) is 2. The van der Waals surface area contributed by atoms with E-state index in [4.69, 9.17) is 0 Å². The summed E-state index contributed by atoms with van der Waals surface area (Å²) in [6.07, 6.45) is 12.4. The summed E-state index contributed by atoms with van der Waals surface area (Å²) >= 11 is 0. The van der Waals surface area contributed by atoms with Crippen LogP contribution in [0.5, 0.6) is 0 Å². The van der Waals surface area contributed by atoms with Crippen molar-refractivity contribution in [3.63, 3.8) is 0 Å². The lowest BCUT2D eigenvalue weighted by Crippen LogP contribution is -2.37. The number of aromatic nitrogens is 1. The van der Waals surface area contributed by atoms with Gasteiger partial charge in [-0.25, -0.2) is 0 Å². The summed E-state index contributed by atoms with van der Waals surface area (Å²) in [5.41, 5.74) is 1.31. The maximum Gasteiger partial charge on any atom is 0.225 e. The van der Waals surface area contributed by atoms with Crippen molar-refractivity contribution in [1.29, 1.82) is 0 Å². The molecule has 136 valence electrons. The third kappa shape index (κ3) is 4.05.